The minimum atomic E-state index is -0.408. The minimum Gasteiger partial charge on any atom is -0.354 e. The van der Waals surface area contributed by atoms with Crippen LogP contribution in [0.1, 0.15) is 54.9 Å². The summed E-state index contributed by atoms with van der Waals surface area (Å²) in [5, 5.41) is 6.61. The van der Waals surface area contributed by atoms with E-state index in [4.69, 9.17) is 4.98 Å². The van der Waals surface area contributed by atoms with Gasteiger partial charge in [-0.15, -0.1) is 0 Å². The van der Waals surface area contributed by atoms with Gasteiger partial charge in [-0.3, -0.25) is 14.5 Å². The number of hydrogen-bond acceptors (Lipinski definition) is 4. The van der Waals surface area contributed by atoms with Crippen molar-refractivity contribution < 1.29 is 14.0 Å². The third-order valence-electron chi connectivity index (χ3n) is 7.54. The molecule has 1 aromatic heterocycles. The highest BCUT2D eigenvalue weighted by atomic mass is 19.1. The van der Waals surface area contributed by atoms with Crippen molar-refractivity contribution in [2.24, 2.45) is 5.92 Å². The fraction of sp³-hybridized carbons (Fsp3) is 0.414. The van der Waals surface area contributed by atoms with Crippen LogP contribution in [0.4, 0.5) is 4.39 Å². The van der Waals surface area contributed by atoms with E-state index in [1.807, 2.05) is 35.2 Å². The molecule has 2 heterocycles. The Morgan fingerprint density at radius 1 is 1.17 bits per heavy atom. The third kappa shape index (κ3) is 5.26. The summed E-state index contributed by atoms with van der Waals surface area (Å²) >= 11 is 0. The number of hydrogen-bond donors (Lipinski definition) is 2. The summed E-state index contributed by atoms with van der Waals surface area (Å²) in [6, 6.07) is 14.2. The zero-order valence-corrected chi connectivity index (χ0v) is 20.7. The molecular formula is C29H33FN4O2. The third-order valence-corrected chi connectivity index (χ3v) is 7.54. The molecule has 2 aliphatic rings. The van der Waals surface area contributed by atoms with Gasteiger partial charge in [0.05, 0.1) is 23.3 Å². The Kier molecular flexibility index (Phi) is 7.28. The van der Waals surface area contributed by atoms with Gasteiger partial charge in [0.25, 0.3) is 5.91 Å². The van der Waals surface area contributed by atoms with Crippen molar-refractivity contribution in [3.63, 3.8) is 0 Å². The molecule has 2 amide bonds. The van der Waals surface area contributed by atoms with E-state index in [-0.39, 0.29) is 24.4 Å². The summed E-state index contributed by atoms with van der Waals surface area (Å²) in [5.41, 5.74) is 3.32. The highest BCUT2D eigenvalue weighted by Gasteiger charge is 2.28. The van der Waals surface area contributed by atoms with Gasteiger partial charge in [0.15, 0.2) is 0 Å². The number of benzene rings is 2. The van der Waals surface area contributed by atoms with E-state index in [0.717, 1.165) is 24.0 Å². The second kappa shape index (κ2) is 10.7. The lowest BCUT2D eigenvalue weighted by Crippen LogP contribution is -2.47. The largest absolute Gasteiger partial charge is 0.354 e. The first kappa shape index (κ1) is 24.4. The Labute approximate surface area is 211 Å². The van der Waals surface area contributed by atoms with E-state index >= 15 is 0 Å². The van der Waals surface area contributed by atoms with Gasteiger partial charge >= 0.3 is 0 Å². The number of piperazine rings is 1. The number of halogens is 1. The number of fused-ring (bicyclic) bond motifs is 1. The van der Waals surface area contributed by atoms with Gasteiger partial charge in [0.2, 0.25) is 5.91 Å². The second-order valence-corrected chi connectivity index (χ2v) is 10.1. The average Bonchev–Trinajstić information content (AvgIpc) is 2.89. The summed E-state index contributed by atoms with van der Waals surface area (Å²) in [5.74, 6) is -0.219. The zero-order valence-electron chi connectivity index (χ0n) is 20.7. The number of carbonyl (C=O) groups excluding carboxylic acids is 2. The SMILES string of the molecule is C[C@H](NC(=O)c1c(CN2CCNC(=O)C2)c(-c2ccccc2)nc2ccc(F)cc12)C1CCCCC1. The Hall–Kier alpha value is -3.32. The molecule has 188 valence electrons. The monoisotopic (exact) mass is 488 g/mol. The van der Waals surface area contributed by atoms with Crippen LogP contribution >= 0.6 is 0 Å². The van der Waals surface area contributed by atoms with Gasteiger partial charge in [0.1, 0.15) is 5.82 Å². The number of rotatable bonds is 6. The van der Waals surface area contributed by atoms with Gasteiger partial charge in [-0.2, -0.15) is 0 Å². The summed E-state index contributed by atoms with van der Waals surface area (Å²) in [6.07, 6.45) is 5.85. The van der Waals surface area contributed by atoms with Crippen molar-refractivity contribution in [1.29, 1.82) is 0 Å². The van der Waals surface area contributed by atoms with Crippen molar-refractivity contribution in [3.05, 3.63) is 65.5 Å². The molecule has 3 aromatic rings. The maximum atomic E-state index is 14.5. The van der Waals surface area contributed by atoms with Crippen LogP contribution in [0, 0.1) is 11.7 Å². The molecule has 0 bridgehead atoms. The maximum Gasteiger partial charge on any atom is 0.252 e. The lowest BCUT2D eigenvalue weighted by Gasteiger charge is -2.30. The highest BCUT2D eigenvalue weighted by molar-refractivity contribution is 6.09. The molecule has 2 fully saturated rings. The molecule has 6 nitrogen and oxygen atoms in total. The van der Waals surface area contributed by atoms with Gasteiger partial charge in [-0.1, -0.05) is 49.6 Å². The topological polar surface area (TPSA) is 74.3 Å². The quantitative estimate of drug-likeness (QED) is 0.529. The predicted octanol–water partition coefficient (Wildman–Crippen LogP) is 4.67. The van der Waals surface area contributed by atoms with Crippen LogP contribution in [0.3, 0.4) is 0 Å². The Morgan fingerprint density at radius 3 is 2.69 bits per heavy atom. The standard InChI is InChI=1S/C29H33FN4O2/c1-19(20-8-4-2-5-9-20)32-29(36)27-23-16-22(30)12-13-25(23)33-28(21-10-6-3-7-11-21)24(27)17-34-15-14-31-26(35)18-34/h3,6-7,10-13,16,19-20H,2,4-5,8-9,14-15,17-18H2,1H3,(H,31,35)(H,32,36)/t19-/m0/s1. The molecule has 2 aromatic carbocycles. The van der Waals surface area contributed by atoms with Crippen LogP contribution in [-0.4, -0.2) is 47.4 Å². The molecule has 0 spiro atoms. The van der Waals surface area contributed by atoms with Gasteiger partial charge in [0, 0.05) is 42.2 Å². The summed E-state index contributed by atoms with van der Waals surface area (Å²) in [7, 11) is 0. The molecule has 1 atom stereocenters. The van der Waals surface area contributed by atoms with Crippen LogP contribution < -0.4 is 10.6 Å². The molecular weight excluding hydrogens is 455 g/mol. The second-order valence-electron chi connectivity index (χ2n) is 10.1. The smallest absolute Gasteiger partial charge is 0.252 e. The predicted molar refractivity (Wildman–Crippen MR) is 139 cm³/mol. The van der Waals surface area contributed by atoms with Crippen LogP contribution in [0.15, 0.2) is 48.5 Å². The van der Waals surface area contributed by atoms with Gasteiger partial charge in [-0.25, -0.2) is 9.37 Å². The molecule has 0 unspecified atom stereocenters. The van der Waals surface area contributed by atoms with Crippen LogP contribution in [0.2, 0.25) is 0 Å². The van der Waals surface area contributed by atoms with Crippen molar-refractivity contribution in [1.82, 2.24) is 20.5 Å². The Morgan fingerprint density at radius 2 is 1.94 bits per heavy atom. The molecule has 2 N–H and O–H groups in total. The van der Waals surface area contributed by atoms with Crippen LogP contribution in [0.5, 0.6) is 0 Å². The summed E-state index contributed by atoms with van der Waals surface area (Å²) in [4.78, 5) is 33.0. The van der Waals surface area contributed by atoms with Crippen LogP contribution in [-0.2, 0) is 11.3 Å². The number of nitrogens with one attached hydrogen (secondary N) is 2. The number of aromatic nitrogens is 1. The first-order valence-corrected chi connectivity index (χ1v) is 13.0. The van der Waals surface area contributed by atoms with E-state index in [1.54, 1.807) is 6.07 Å². The molecule has 7 heteroatoms. The van der Waals surface area contributed by atoms with Crippen molar-refractivity contribution in [3.8, 4) is 11.3 Å². The fourth-order valence-electron chi connectivity index (χ4n) is 5.60. The Bertz CT molecular complexity index is 1260. The first-order valence-electron chi connectivity index (χ1n) is 13.0. The van der Waals surface area contributed by atoms with Gasteiger partial charge in [-0.05, 0) is 43.9 Å². The van der Waals surface area contributed by atoms with E-state index < -0.39 is 5.82 Å². The lowest BCUT2D eigenvalue weighted by molar-refractivity contribution is -0.124. The van der Waals surface area contributed by atoms with Crippen molar-refractivity contribution in [2.45, 2.75) is 51.6 Å². The van der Waals surface area contributed by atoms with Crippen molar-refractivity contribution in [2.75, 3.05) is 19.6 Å². The lowest BCUT2D eigenvalue weighted by atomic mass is 9.84. The molecule has 1 aliphatic heterocycles. The van der Waals surface area contributed by atoms with E-state index in [1.165, 1.54) is 31.4 Å². The van der Waals surface area contributed by atoms with E-state index in [0.29, 0.717) is 47.7 Å². The number of nitrogens with zero attached hydrogens (tertiary/aromatic N) is 2. The Balaban J connectivity index is 1.63. The highest BCUT2D eigenvalue weighted by Crippen LogP contribution is 2.33. The average molecular weight is 489 g/mol. The number of pyridine rings is 1. The minimum absolute atomic E-state index is 0.0170. The number of carbonyl (C=O) groups is 2. The summed E-state index contributed by atoms with van der Waals surface area (Å²) < 4.78 is 14.5. The molecule has 5 rings (SSSR count). The molecule has 1 saturated heterocycles. The van der Waals surface area contributed by atoms with E-state index in [9.17, 15) is 14.0 Å². The first-order chi connectivity index (χ1) is 17.5. The summed E-state index contributed by atoms with van der Waals surface area (Å²) in [6.45, 7) is 3.91. The fourth-order valence-corrected chi connectivity index (χ4v) is 5.60. The normalized spacial score (nSPS) is 18.1. The maximum absolute atomic E-state index is 14.5. The molecule has 36 heavy (non-hydrogen) atoms. The number of amides is 2. The van der Waals surface area contributed by atoms with Crippen molar-refractivity contribution >= 4 is 22.7 Å². The zero-order chi connectivity index (χ0) is 25.1. The molecule has 1 aliphatic carbocycles. The van der Waals surface area contributed by atoms with E-state index in [2.05, 4.69) is 17.6 Å². The van der Waals surface area contributed by atoms with Crippen LogP contribution in [0.25, 0.3) is 22.2 Å². The van der Waals surface area contributed by atoms with Gasteiger partial charge < -0.3 is 10.6 Å². The molecule has 1 saturated carbocycles. The molecule has 0 radical (unpaired) electrons.